The molecule has 0 atom stereocenters. The fourth-order valence-electron chi connectivity index (χ4n) is 1.75. The largest absolute Gasteiger partial charge is 0.347 e. The molecule has 2 rings (SSSR count). The van der Waals surface area contributed by atoms with Crippen LogP contribution < -0.4 is 10.2 Å². The highest BCUT2D eigenvalue weighted by atomic mass is 16.1. The summed E-state index contributed by atoms with van der Waals surface area (Å²) in [6.07, 6.45) is 1.58. The van der Waals surface area contributed by atoms with Crippen LogP contribution in [0.1, 0.15) is 21.9 Å². The molecule has 0 bridgehead atoms. The van der Waals surface area contributed by atoms with Gasteiger partial charge in [0.25, 0.3) is 5.91 Å². The molecule has 2 heterocycles. The van der Waals surface area contributed by atoms with Crippen LogP contribution in [-0.4, -0.2) is 35.0 Å². The van der Waals surface area contributed by atoms with Gasteiger partial charge in [-0.25, -0.2) is 9.97 Å². The molecule has 0 saturated heterocycles. The second-order valence-electron chi connectivity index (χ2n) is 4.63. The summed E-state index contributed by atoms with van der Waals surface area (Å²) in [4.78, 5) is 26.7. The van der Waals surface area contributed by atoms with Crippen molar-refractivity contribution in [2.24, 2.45) is 0 Å². The van der Waals surface area contributed by atoms with Crippen molar-refractivity contribution in [2.75, 3.05) is 24.3 Å². The molecule has 2 aromatic rings. The van der Waals surface area contributed by atoms with Gasteiger partial charge < -0.3 is 10.2 Å². The number of amides is 1. The number of carbonyl (C=O) groups excluding carboxylic acids is 1. The second kappa shape index (κ2) is 5.64. The molecule has 0 aliphatic heterocycles. The number of hydrogen-bond acceptors (Lipinski definition) is 5. The molecule has 6 heteroatoms. The summed E-state index contributed by atoms with van der Waals surface area (Å²) >= 11 is 0. The Bertz CT molecular complexity index is 602. The predicted molar refractivity (Wildman–Crippen MR) is 78.0 cm³/mol. The molecule has 0 aliphatic carbocycles. The van der Waals surface area contributed by atoms with Crippen molar-refractivity contribution in [1.29, 1.82) is 0 Å². The lowest BCUT2D eigenvalue weighted by Crippen LogP contribution is -2.19. The molecule has 6 nitrogen and oxygen atoms in total. The van der Waals surface area contributed by atoms with Crippen LogP contribution in [0.3, 0.4) is 0 Å². The van der Waals surface area contributed by atoms with E-state index in [-0.39, 0.29) is 5.91 Å². The normalized spacial score (nSPS) is 10.2. The Morgan fingerprint density at radius 3 is 2.30 bits per heavy atom. The van der Waals surface area contributed by atoms with Gasteiger partial charge in [-0.05, 0) is 26.0 Å². The van der Waals surface area contributed by atoms with Crippen molar-refractivity contribution in [3.8, 4) is 0 Å². The molecular formula is C14H17N5O. The zero-order chi connectivity index (χ0) is 14.7. The Morgan fingerprint density at radius 2 is 1.80 bits per heavy atom. The van der Waals surface area contributed by atoms with Crippen molar-refractivity contribution >= 4 is 17.5 Å². The van der Waals surface area contributed by atoms with Crippen LogP contribution in [0.4, 0.5) is 11.6 Å². The van der Waals surface area contributed by atoms with Crippen molar-refractivity contribution in [2.45, 2.75) is 13.8 Å². The maximum Gasteiger partial charge on any atom is 0.274 e. The standard InChI is InChI=1S/C14H17N5O/c1-9-12(10(2)17-14(16-9)19(3)4)18-13(20)11-7-5-6-8-15-11/h5-8H,1-4H3,(H,18,20). The third kappa shape index (κ3) is 2.90. The minimum Gasteiger partial charge on any atom is -0.347 e. The molecule has 20 heavy (non-hydrogen) atoms. The maximum absolute atomic E-state index is 12.1. The topological polar surface area (TPSA) is 71.0 Å². The van der Waals surface area contributed by atoms with Crippen molar-refractivity contribution < 1.29 is 4.79 Å². The number of rotatable bonds is 3. The molecule has 0 fully saturated rings. The van der Waals surface area contributed by atoms with E-state index in [1.54, 1.807) is 24.4 Å². The average molecular weight is 271 g/mol. The molecule has 0 aromatic carbocycles. The van der Waals surface area contributed by atoms with E-state index >= 15 is 0 Å². The van der Waals surface area contributed by atoms with Crippen LogP contribution >= 0.6 is 0 Å². The predicted octanol–water partition coefficient (Wildman–Crippen LogP) is 1.81. The molecule has 0 saturated carbocycles. The molecule has 104 valence electrons. The molecule has 0 aliphatic rings. The van der Waals surface area contributed by atoms with E-state index in [0.29, 0.717) is 17.3 Å². The second-order valence-corrected chi connectivity index (χ2v) is 4.63. The van der Waals surface area contributed by atoms with Crippen LogP contribution in [0.2, 0.25) is 0 Å². The van der Waals surface area contributed by atoms with Crippen LogP contribution in [-0.2, 0) is 0 Å². The lowest BCUT2D eigenvalue weighted by Gasteiger charge is -2.15. The first-order chi connectivity index (χ1) is 9.49. The number of carbonyl (C=O) groups is 1. The Kier molecular flexibility index (Phi) is 3.93. The summed E-state index contributed by atoms with van der Waals surface area (Å²) in [5.41, 5.74) is 2.45. The van der Waals surface area contributed by atoms with Crippen LogP contribution in [0, 0.1) is 13.8 Å². The van der Waals surface area contributed by atoms with E-state index in [2.05, 4.69) is 20.3 Å². The lowest BCUT2D eigenvalue weighted by atomic mass is 10.2. The number of anilines is 2. The molecule has 1 N–H and O–H groups in total. The summed E-state index contributed by atoms with van der Waals surface area (Å²) in [6.45, 7) is 3.69. The van der Waals surface area contributed by atoms with E-state index in [4.69, 9.17) is 0 Å². The highest BCUT2D eigenvalue weighted by Gasteiger charge is 2.14. The van der Waals surface area contributed by atoms with E-state index < -0.39 is 0 Å². The van der Waals surface area contributed by atoms with Gasteiger partial charge in [0.2, 0.25) is 5.95 Å². The minimum absolute atomic E-state index is 0.266. The monoisotopic (exact) mass is 271 g/mol. The van der Waals surface area contributed by atoms with Crippen LogP contribution in [0.25, 0.3) is 0 Å². The fraction of sp³-hybridized carbons (Fsp3) is 0.286. The number of pyridine rings is 1. The van der Waals surface area contributed by atoms with Gasteiger partial charge in [0.05, 0.1) is 17.1 Å². The Labute approximate surface area is 117 Å². The first-order valence-electron chi connectivity index (χ1n) is 6.24. The minimum atomic E-state index is -0.266. The number of nitrogens with zero attached hydrogens (tertiary/aromatic N) is 4. The van der Waals surface area contributed by atoms with E-state index in [1.807, 2.05) is 32.8 Å². The fourth-order valence-corrected chi connectivity index (χ4v) is 1.75. The van der Waals surface area contributed by atoms with Crippen molar-refractivity contribution in [3.05, 3.63) is 41.5 Å². The zero-order valence-corrected chi connectivity index (χ0v) is 12.0. The smallest absolute Gasteiger partial charge is 0.274 e. The molecule has 0 spiro atoms. The van der Waals surface area contributed by atoms with Gasteiger partial charge in [0.15, 0.2) is 0 Å². The number of nitrogens with one attached hydrogen (secondary N) is 1. The summed E-state index contributed by atoms with van der Waals surface area (Å²) < 4.78 is 0. The van der Waals surface area contributed by atoms with E-state index in [0.717, 1.165) is 11.4 Å². The molecule has 1 amide bonds. The summed E-state index contributed by atoms with van der Waals surface area (Å²) in [7, 11) is 3.75. The first kappa shape index (κ1) is 13.9. The maximum atomic E-state index is 12.1. The quantitative estimate of drug-likeness (QED) is 0.921. The molecule has 0 radical (unpaired) electrons. The van der Waals surface area contributed by atoms with Gasteiger partial charge in [0.1, 0.15) is 5.69 Å². The van der Waals surface area contributed by atoms with Gasteiger partial charge >= 0.3 is 0 Å². The molecule has 0 unspecified atom stereocenters. The van der Waals surface area contributed by atoms with Gasteiger partial charge in [-0.15, -0.1) is 0 Å². The first-order valence-corrected chi connectivity index (χ1v) is 6.24. The summed E-state index contributed by atoms with van der Waals surface area (Å²) in [5, 5.41) is 2.82. The van der Waals surface area contributed by atoms with Gasteiger partial charge in [-0.3, -0.25) is 9.78 Å². The summed E-state index contributed by atoms with van der Waals surface area (Å²) in [6, 6.07) is 5.20. The Balaban J connectivity index is 2.28. The van der Waals surface area contributed by atoms with E-state index in [1.165, 1.54) is 0 Å². The summed E-state index contributed by atoms with van der Waals surface area (Å²) in [5.74, 6) is 0.355. The number of aromatic nitrogens is 3. The zero-order valence-electron chi connectivity index (χ0n) is 12.0. The van der Waals surface area contributed by atoms with Crippen molar-refractivity contribution in [3.63, 3.8) is 0 Å². The third-order valence-electron chi connectivity index (χ3n) is 2.80. The highest BCUT2D eigenvalue weighted by molar-refractivity contribution is 6.03. The van der Waals surface area contributed by atoms with Gasteiger partial charge in [0, 0.05) is 20.3 Å². The molecule has 2 aromatic heterocycles. The number of hydrogen-bond donors (Lipinski definition) is 1. The average Bonchev–Trinajstić information content (AvgIpc) is 2.43. The molecular weight excluding hydrogens is 254 g/mol. The Hall–Kier alpha value is -2.50. The van der Waals surface area contributed by atoms with Gasteiger partial charge in [-0.1, -0.05) is 6.07 Å². The highest BCUT2D eigenvalue weighted by Crippen LogP contribution is 2.20. The lowest BCUT2D eigenvalue weighted by molar-refractivity contribution is 0.102. The number of aryl methyl sites for hydroxylation is 2. The Morgan fingerprint density at radius 1 is 1.15 bits per heavy atom. The third-order valence-corrected chi connectivity index (χ3v) is 2.80. The van der Waals surface area contributed by atoms with Crippen LogP contribution in [0.15, 0.2) is 24.4 Å². The van der Waals surface area contributed by atoms with Gasteiger partial charge in [-0.2, -0.15) is 0 Å². The van der Waals surface area contributed by atoms with Crippen LogP contribution in [0.5, 0.6) is 0 Å². The van der Waals surface area contributed by atoms with E-state index in [9.17, 15) is 4.79 Å². The SMILES string of the molecule is Cc1nc(N(C)C)nc(C)c1NC(=O)c1ccccn1. The van der Waals surface area contributed by atoms with Crippen molar-refractivity contribution in [1.82, 2.24) is 15.0 Å².